The van der Waals surface area contributed by atoms with Crippen molar-refractivity contribution in [1.29, 1.82) is 0 Å². The first-order valence-electron chi connectivity index (χ1n) is 3.41. The Balaban J connectivity index is -0.00000000818. The fourth-order valence-corrected chi connectivity index (χ4v) is 0.433. The third-order valence-corrected chi connectivity index (χ3v) is 0.787. The molecule has 0 unspecified atom stereocenters. The molecule has 0 aliphatic carbocycles. The van der Waals surface area contributed by atoms with Gasteiger partial charge in [0.15, 0.2) is 0 Å². The minimum Gasteiger partial charge on any atom is -0.793 e. The second-order valence-electron chi connectivity index (χ2n) is 1.06. The summed E-state index contributed by atoms with van der Waals surface area (Å²) in [4.78, 5) is 0. The zero-order valence-electron chi connectivity index (χ0n) is 9.85. The summed E-state index contributed by atoms with van der Waals surface area (Å²) in [7, 11) is 0. The van der Waals surface area contributed by atoms with E-state index in [0.717, 1.165) is 5.75 Å². The van der Waals surface area contributed by atoms with Gasteiger partial charge < -0.3 is 41.3 Å². The van der Waals surface area contributed by atoms with Gasteiger partial charge in [0.05, 0.1) is 0 Å². The third-order valence-electron chi connectivity index (χ3n) is 0.498. The molecule has 0 N–H and O–H groups in total. The van der Waals surface area contributed by atoms with E-state index in [0.29, 0.717) is 0 Å². The standard InChI is InChI=1S/C4H10S.2C2H5.2CH3.HI.U/c1-2-3-4-5;2*1-2;;;;/h5H,2-4H2,1H3;2*1H2,2H3;2*1H3;1H;/q;4*-1;;/p-1. The molecule has 0 saturated heterocycles. The molecule has 0 bridgehead atoms. The van der Waals surface area contributed by atoms with E-state index < -0.39 is 0 Å². The van der Waals surface area contributed by atoms with Crippen LogP contribution in [0.2, 0.25) is 0 Å². The van der Waals surface area contributed by atoms with Gasteiger partial charge in [-0.05, 0) is 0 Å². The molecule has 0 fully saturated rings. The fourth-order valence-electron chi connectivity index (χ4n) is 0.144. The maximum absolute atomic E-state index is 4.65. The molecule has 0 aliphatic heterocycles. The number of unbranched alkanes of at least 4 members (excludes halogenated alkanes) is 1. The minimum atomic E-state index is 0. The third kappa shape index (κ3) is 122. The van der Waals surface area contributed by atoms with Crippen LogP contribution in [-0.4, -0.2) is 5.75 Å². The van der Waals surface area contributed by atoms with Gasteiger partial charge in [0.2, 0.25) is 0 Å². The molecule has 0 aliphatic rings. The molecule has 0 rings (SSSR count). The predicted molar refractivity (Wildman–Crippen MR) is 77.4 cm³/mol. The Morgan fingerprint density at radius 1 is 1.00 bits per heavy atom. The summed E-state index contributed by atoms with van der Waals surface area (Å²) in [5, 5.41) is 0. The summed E-state index contributed by atoms with van der Waals surface area (Å²) < 4.78 is 0. The van der Waals surface area contributed by atoms with E-state index in [9.17, 15) is 0 Å². The molecular weight excluding hydrogens is 517 g/mol. The second kappa shape index (κ2) is 92.5. The van der Waals surface area contributed by atoms with Gasteiger partial charge >= 0.3 is 0 Å². The van der Waals surface area contributed by atoms with Gasteiger partial charge in [0.1, 0.15) is 0 Å². The molecule has 0 aromatic heterocycles. The quantitative estimate of drug-likeness (QED) is 0.280. The van der Waals surface area contributed by atoms with Crippen LogP contribution in [0.25, 0.3) is 0 Å². The van der Waals surface area contributed by atoms with Gasteiger partial charge in [-0.1, -0.05) is 19.8 Å². The molecule has 0 atom stereocenters. The maximum atomic E-state index is 4.65. The zero-order chi connectivity index (χ0) is 8.12. The molecule has 0 amide bonds. The van der Waals surface area contributed by atoms with Gasteiger partial charge in [-0.25, -0.2) is 0 Å². The van der Waals surface area contributed by atoms with E-state index in [2.05, 4.69) is 33.4 Å². The Hall–Kier alpha value is 2.13. The largest absolute Gasteiger partial charge is 0.793 e. The summed E-state index contributed by atoms with van der Waals surface area (Å²) in [5.74, 6) is 0.927. The monoisotopic (exact) mass is 543 g/mol. The fraction of sp³-hybridized carbons (Fsp3) is 0.600. The van der Waals surface area contributed by atoms with E-state index >= 15 is 0 Å². The smallest absolute Gasteiger partial charge is 0 e. The van der Waals surface area contributed by atoms with E-state index in [1.165, 1.54) is 12.8 Å². The summed E-state index contributed by atoms with van der Waals surface area (Å²) >= 11 is 4.65. The maximum Gasteiger partial charge on any atom is 0 e. The van der Waals surface area contributed by atoms with E-state index in [1.54, 1.807) is 13.8 Å². The first-order chi connectivity index (χ1) is 4.41. The first-order valence-corrected chi connectivity index (χ1v) is 3.99. The van der Waals surface area contributed by atoms with Crippen molar-refractivity contribution >= 4 is 36.6 Å². The number of rotatable bonds is 2. The summed E-state index contributed by atoms with van der Waals surface area (Å²) in [5.41, 5.74) is 0. The van der Waals surface area contributed by atoms with Crippen LogP contribution in [0, 0.1) is 59.8 Å². The van der Waals surface area contributed by atoms with Crippen LogP contribution in [0.3, 0.4) is 0 Å². The Bertz CT molecular complexity index is 22.4. The van der Waals surface area contributed by atoms with E-state index in [1.807, 2.05) is 0 Å². The average molecular weight is 543 g/mol. The normalized spacial score (nSPS) is 4.15. The molecule has 0 aromatic rings. The van der Waals surface area contributed by atoms with Crippen molar-refractivity contribution in [3.05, 3.63) is 28.7 Å². The first kappa shape index (κ1) is 45.7. The van der Waals surface area contributed by atoms with Crippen LogP contribution >= 0.6 is 24.0 Å². The number of halogens is 1. The molecule has 0 heterocycles. The van der Waals surface area contributed by atoms with Crippen LogP contribution < -0.4 is 0 Å². The van der Waals surface area contributed by atoms with E-state index in [-0.39, 0.29) is 69.9 Å². The van der Waals surface area contributed by atoms with Crippen molar-refractivity contribution in [2.45, 2.75) is 33.6 Å². The van der Waals surface area contributed by atoms with Crippen molar-refractivity contribution < 1.29 is 31.1 Å². The van der Waals surface area contributed by atoms with Crippen LogP contribution in [0.1, 0.15) is 33.6 Å². The predicted octanol–water partition coefficient (Wildman–Crippen LogP) is 4.53. The zero-order valence-corrected chi connectivity index (χ0v) is 17.2. The summed E-state index contributed by atoms with van der Waals surface area (Å²) in [6.45, 7) is 12.1. The van der Waals surface area contributed by atoms with Gasteiger partial charge in [-0.2, -0.15) is 19.6 Å². The molecule has 0 spiro atoms. The Kier molecular flexibility index (Phi) is 325. The number of hydrogen-bond acceptors (Lipinski definition) is 1. The Morgan fingerprint density at radius 2 is 1.23 bits per heavy atom. The minimum absolute atomic E-state index is 0. The van der Waals surface area contributed by atoms with Crippen LogP contribution in [0.5, 0.6) is 0 Å². The molecule has 88 valence electrons. The van der Waals surface area contributed by atoms with Gasteiger partial charge in [-0.15, -0.1) is 24.0 Å². The van der Waals surface area contributed by atoms with E-state index in [4.69, 9.17) is 0 Å². The molecule has 13 heavy (non-hydrogen) atoms. The van der Waals surface area contributed by atoms with Crippen LogP contribution in [0.4, 0.5) is 0 Å². The summed E-state index contributed by atoms with van der Waals surface area (Å²) in [6.07, 6.45) is 2.44. The Labute approximate surface area is 134 Å². The van der Waals surface area contributed by atoms with Gasteiger partial charge in [-0.3, -0.25) is 0 Å². The van der Waals surface area contributed by atoms with Crippen molar-refractivity contribution in [1.82, 2.24) is 0 Å². The van der Waals surface area contributed by atoms with Crippen molar-refractivity contribution in [2.75, 3.05) is 5.75 Å². The second-order valence-corrected chi connectivity index (χ2v) is 1.47. The van der Waals surface area contributed by atoms with Crippen LogP contribution in [-0.2, 0) is 12.6 Å². The van der Waals surface area contributed by atoms with Crippen molar-refractivity contribution in [3.8, 4) is 0 Å². The Morgan fingerprint density at radius 3 is 1.23 bits per heavy atom. The average Bonchev–Trinajstić information content (AvgIpc) is 1.98. The molecule has 3 heteroatoms. The molecule has 0 radical (unpaired) electrons. The number of hydrogen-bond donors (Lipinski definition) is 0. The van der Waals surface area contributed by atoms with Gasteiger partial charge in [0, 0.05) is 31.1 Å². The molecule has 0 aromatic carbocycles. The molecule has 0 nitrogen and oxygen atoms in total. The van der Waals surface area contributed by atoms with Crippen molar-refractivity contribution in [2.24, 2.45) is 0 Å². The molecular formula is C10H26ISU-5. The van der Waals surface area contributed by atoms with Crippen LogP contribution in [0.15, 0.2) is 0 Å². The summed E-state index contributed by atoms with van der Waals surface area (Å²) in [6, 6.07) is 0. The molecule has 0 saturated carbocycles. The topological polar surface area (TPSA) is 0 Å². The SMILES string of the molecule is CCCC[S-].I.[CH2-]C.[CH2-]C.[CH3-].[CH3-].[U]. The van der Waals surface area contributed by atoms with Gasteiger partial charge in [0.25, 0.3) is 0 Å². The van der Waals surface area contributed by atoms with Crippen molar-refractivity contribution in [3.63, 3.8) is 0 Å².